The Balaban J connectivity index is 2.08. The molecular formula is C11H9BrOS. The molecule has 0 amide bonds. The van der Waals surface area contributed by atoms with Crippen molar-refractivity contribution in [1.29, 1.82) is 0 Å². The van der Waals surface area contributed by atoms with Crippen LogP contribution in [0.1, 0.15) is 12.8 Å². The number of carbonyl (C=O) groups excluding carboxylic acids is 1. The van der Waals surface area contributed by atoms with Gasteiger partial charge in [-0.2, -0.15) is 0 Å². The molecule has 0 radical (unpaired) electrons. The summed E-state index contributed by atoms with van der Waals surface area (Å²) in [4.78, 5) is 13.4. The second-order valence-corrected chi connectivity index (χ2v) is 5.25. The average molecular weight is 269 g/mol. The maximum absolute atomic E-state index is 11.0. The van der Waals surface area contributed by atoms with Gasteiger partial charge in [-0.3, -0.25) is 4.79 Å². The molecule has 72 valence electrons. The third-order valence-corrected chi connectivity index (χ3v) is 3.62. The van der Waals surface area contributed by atoms with Gasteiger partial charge >= 0.3 is 0 Å². The predicted molar refractivity (Wildman–Crippen MR) is 62.3 cm³/mol. The molecule has 1 aliphatic carbocycles. The van der Waals surface area contributed by atoms with Crippen molar-refractivity contribution in [2.75, 3.05) is 0 Å². The van der Waals surface area contributed by atoms with Crippen LogP contribution in [0.15, 0.2) is 44.6 Å². The molecule has 3 heteroatoms. The Morgan fingerprint density at radius 2 is 1.86 bits per heavy atom. The minimum Gasteiger partial charge on any atom is -0.295 e. The summed E-state index contributed by atoms with van der Waals surface area (Å²) < 4.78 is 1.08. The van der Waals surface area contributed by atoms with Crippen molar-refractivity contribution in [1.82, 2.24) is 0 Å². The molecule has 0 aromatic heterocycles. The molecule has 0 heterocycles. The van der Waals surface area contributed by atoms with Crippen LogP contribution in [-0.2, 0) is 4.79 Å². The zero-order valence-corrected chi connectivity index (χ0v) is 9.90. The third-order valence-electron chi connectivity index (χ3n) is 2.00. The van der Waals surface area contributed by atoms with Gasteiger partial charge in [0, 0.05) is 15.8 Å². The van der Waals surface area contributed by atoms with Crippen molar-refractivity contribution in [2.24, 2.45) is 0 Å². The maximum atomic E-state index is 11.0. The zero-order chi connectivity index (χ0) is 9.97. The molecule has 1 aliphatic rings. The monoisotopic (exact) mass is 268 g/mol. The van der Waals surface area contributed by atoms with Gasteiger partial charge in [-0.15, -0.1) is 0 Å². The van der Waals surface area contributed by atoms with E-state index in [1.807, 2.05) is 12.1 Å². The van der Waals surface area contributed by atoms with Gasteiger partial charge in [-0.25, -0.2) is 0 Å². The van der Waals surface area contributed by atoms with Crippen molar-refractivity contribution in [3.63, 3.8) is 0 Å². The number of carbonyl (C=O) groups is 1. The molecule has 14 heavy (non-hydrogen) atoms. The summed E-state index contributed by atoms with van der Waals surface area (Å²) in [6.07, 6.45) is 3.34. The first-order valence-corrected chi connectivity index (χ1v) is 6.02. The van der Waals surface area contributed by atoms with Gasteiger partial charge in [0.1, 0.15) is 0 Å². The Morgan fingerprint density at radius 1 is 1.14 bits per heavy atom. The highest BCUT2D eigenvalue weighted by Gasteiger charge is 2.12. The van der Waals surface area contributed by atoms with Gasteiger partial charge in [0.15, 0.2) is 5.78 Å². The predicted octanol–water partition coefficient (Wildman–Crippen LogP) is 3.79. The molecule has 0 saturated carbocycles. The summed E-state index contributed by atoms with van der Waals surface area (Å²) in [6.45, 7) is 0. The van der Waals surface area contributed by atoms with Crippen LogP contribution in [0.5, 0.6) is 0 Å². The average Bonchev–Trinajstić information content (AvgIpc) is 2.56. The zero-order valence-electron chi connectivity index (χ0n) is 7.50. The molecule has 1 aromatic rings. The van der Waals surface area contributed by atoms with Crippen molar-refractivity contribution in [3.05, 3.63) is 39.7 Å². The number of halogens is 1. The number of allylic oxidation sites excluding steroid dienone is 2. The molecule has 0 atom stereocenters. The lowest BCUT2D eigenvalue weighted by Gasteiger charge is -2.00. The summed E-state index contributed by atoms with van der Waals surface area (Å²) >= 11 is 5.07. The topological polar surface area (TPSA) is 17.1 Å². The van der Waals surface area contributed by atoms with Crippen molar-refractivity contribution in [3.8, 4) is 0 Å². The molecule has 1 aromatic carbocycles. The van der Waals surface area contributed by atoms with Crippen LogP contribution in [0.4, 0.5) is 0 Å². The van der Waals surface area contributed by atoms with E-state index in [-0.39, 0.29) is 5.78 Å². The summed E-state index contributed by atoms with van der Waals surface area (Å²) in [5.74, 6) is 0.254. The number of hydrogen-bond acceptors (Lipinski definition) is 2. The molecular weight excluding hydrogens is 260 g/mol. The normalized spacial score (nSPS) is 15.8. The van der Waals surface area contributed by atoms with Gasteiger partial charge in [0.05, 0.1) is 0 Å². The van der Waals surface area contributed by atoms with Crippen LogP contribution in [0.2, 0.25) is 0 Å². The van der Waals surface area contributed by atoms with E-state index in [9.17, 15) is 4.79 Å². The highest BCUT2D eigenvalue weighted by molar-refractivity contribution is 9.10. The molecule has 0 spiro atoms. The van der Waals surface area contributed by atoms with Gasteiger partial charge in [-0.1, -0.05) is 27.7 Å². The van der Waals surface area contributed by atoms with E-state index in [1.165, 1.54) is 9.80 Å². The summed E-state index contributed by atoms with van der Waals surface area (Å²) in [6, 6.07) is 8.14. The Kier molecular flexibility index (Phi) is 3.08. The molecule has 0 fully saturated rings. The van der Waals surface area contributed by atoms with Crippen molar-refractivity contribution < 1.29 is 4.79 Å². The van der Waals surface area contributed by atoms with E-state index < -0.39 is 0 Å². The first kappa shape index (κ1) is 9.99. The first-order valence-electron chi connectivity index (χ1n) is 4.41. The van der Waals surface area contributed by atoms with Gasteiger partial charge in [0.25, 0.3) is 0 Å². The fourth-order valence-electron chi connectivity index (χ4n) is 1.30. The van der Waals surface area contributed by atoms with E-state index in [4.69, 9.17) is 0 Å². The molecule has 0 aliphatic heterocycles. The van der Waals surface area contributed by atoms with Gasteiger partial charge in [0.2, 0.25) is 0 Å². The Labute approximate surface area is 95.7 Å². The molecule has 0 N–H and O–H groups in total. The summed E-state index contributed by atoms with van der Waals surface area (Å²) in [7, 11) is 0. The second-order valence-electron chi connectivity index (χ2n) is 3.13. The number of rotatable bonds is 2. The standard InChI is InChI=1S/C11H9BrOS/c12-8-1-4-10(5-2-8)14-11-6-3-9(13)7-11/h1-2,4-5,7H,3,6H2. The Hall–Kier alpha value is -0.540. The molecule has 1 nitrogen and oxygen atoms in total. The highest BCUT2D eigenvalue weighted by Crippen LogP contribution is 2.33. The van der Waals surface area contributed by atoms with E-state index in [2.05, 4.69) is 28.1 Å². The maximum Gasteiger partial charge on any atom is 0.156 e. The van der Waals surface area contributed by atoms with Crippen LogP contribution in [0, 0.1) is 0 Å². The molecule has 2 rings (SSSR count). The minimum atomic E-state index is 0.254. The van der Waals surface area contributed by atoms with E-state index in [1.54, 1.807) is 17.8 Å². The van der Waals surface area contributed by atoms with Crippen LogP contribution in [0.3, 0.4) is 0 Å². The van der Waals surface area contributed by atoms with E-state index in [0.717, 1.165) is 10.9 Å². The van der Waals surface area contributed by atoms with Gasteiger partial charge in [-0.05, 0) is 41.7 Å². The quantitative estimate of drug-likeness (QED) is 0.812. The second kappa shape index (κ2) is 4.32. The number of benzene rings is 1. The number of hydrogen-bond donors (Lipinski definition) is 0. The minimum absolute atomic E-state index is 0.254. The van der Waals surface area contributed by atoms with Crippen LogP contribution >= 0.6 is 27.7 Å². The SMILES string of the molecule is O=C1C=C(Sc2ccc(Br)cc2)CC1. The third kappa shape index (κ3) is 2.49. The first-order chi connectivity index (χ1) is 6.74. The Morgan fingerprint density at radius 3 is 2.43 bits per heavy atom. The largest absolute Gasteiger partial charge is 0.295 e. The summed E-state index contributed by atoms with van der Waals surface area (Å²) in [5.41, 5.74) is 0. The fraction of sp³-hybridized carbons (Fsp3) is 0.182. The lowest BCUT2D eigenvalue weighted by Crippen LogP contribution is -1.80. The smallest absolute Gasteiger partial charge is 0.156 e. The van der Waals surface area contributed by atoms with E-state index >= 15 is 0 Å². The molecule has 0 unspecified atom stereocenters. The highest BCUT2D eigenvalue weighted by atomic mass is 79.9. The summed E-state index contributed by atoms with van der Waals surface area (Å²) in [5, 5.41) is 0. The van der Waals surface area contributed by atoms with Crippen LogP contribution in [0.25, 0.3) is 0 Å². The molecule has 0 saturated heterocycles. The Bertz CT molecular complexity index is 381. The van der Waals surface area contributed by atoms with E-state index in [0.29, 0.717) is 6.42 Å². The number of ketones is 1. The lowest BCUT2D eigenvalue weighted by molar-refractivity contribution is -0.114. The lowest BCUT2D eigenvalue weighted by atomic mass is 10.3. The van der Waals surface area contributed by atoms with Crippen molar-refractivity contribution in [2.45, 2.75) is 17.7 Å². The fourth-order valence-corrected chi connectivity index (χ4v) is 2.54. The van der Waals surface area contributed by atoms with Crippen LogP contribution in [-0.4, -0.2) is 5.78 Å². The van der Waals surface area contributed by atoms with Gasteiger partial charge < -0.3 is 0 Å². The molecule has 0 bridgehead atoms. The van der Waals surface area contributed by atoms with Crippen LogP contribution < -0.4 is 0 Å². The van der Waals surface area contributed by atoms with Crippen molar-refractivity contribution >= 4 is 33.5 Å². The number of thioether (sulfide) groups is 1.